The Kier molecular flexibility index (Phi) is 7.25. The van der Waals surface area contributed by atoms with E-state index in [1.165, 1.54) is 21.2 Å². The molecule has 1 heterocycles. The smallest absolute Gasteiger partial charge is 0.328 e. The van der Waals surface area contributed by atoms with Crippen LogP contribution < -0.4 is 10.6 Å². The molecular weight excluding hydrogens is 352 g/mol. The van der Waals surface area contributed by atoms with Gasteiger partial charge in [-0.3, -0.25) is 0 Å². The molecule has 0 unspecified atom stereocenters. The summed E-state index contributed by atoms with van der Waals surface area (Å²) < 4.78 is 0. The van der Waals surface area contributed by atoms with Gasteiger partial charge in [-0.05, 0) is 37.2 Å². The first-order valence-electron chi connectivity index (χ1n) is 8.00. The van der Waals surface area contributed by atoms with Crippen LogP contribution >= 0.6 is 11.8 Å². The molecule has 1 aliphatic rings. The molecule has 4 N–H and O–H groups in total. The van der Waals surface area contributed by atoms with Crippen molar-refractivity contribution in [3.8, 4) is 0 Å². The summed E-state index contributed by atoms with van der Waals surface area (Å²) in [5.41, 5.74) is 8.25. The number of anilines is 2. The van der Waals surface area contributed by atoms with E-state index in [0.29, 0.717) is 12.2 Å². The molecular formula is C19H20N2O4S. The molecule has 3 rings (SSSR count). The van der Waals surface area contributed by atoms with Crippen LogP contribution in [0.15, 0.2) is 70.5 Å². The Balaban J connectivity index is 0.000000260. The molecule has 0 atom stereocenters. The number of hydrogen-bond acceptors (Lipinski definition) is 5. The highest BCUT2D eigenvalue weighted by Gasteiger charge is 2.21. The molecule has 0 saturated heterocycles. The van der Waals surface area contributed by atoms with Crippen molar-refractivity contribution in [2.45, 2.75) is 16.2 Å². The molecule has 2 aromatic carbocycles. The van der Waals surface area contributed by atoms with Crippen LogP contribution in [0.1, 0.15) is 6.42 Å². The maximum Gasteiger partial charge on any atom is 0.328 e. The van der Waals surface area contributed by atoms with Crippen LogP contribution in [-0.4, -0.2) is 35.2 Å². The second-order valence-corrected chi connectivity index (χ2v) is 6.42. The molecule has 0 aliphatic carbocycles. The molecule has 0 saturated carbocycles. The summed E-state index contributed by atoms with van der Waals surface area (Å²) in [6, 6.07) is 17.1. The molecule has 0 amide bonds. The normalized spacial score (nSPS) is 12.0. The van der Waals surface area contributed by atoms with E-state index >= 15 is 0 Å². The van der Waals surface area contributed by atoms with Gasteiger partial charge in [0.05, 0.1) is 11.4 Å². The van der Waals surface area contributed by atoms with Gasteiger partial charge in [-0.2, -0.15) is 0 Å². The SMILES string of the molecule is NCCCN1c2ccccc2Sc2ccccc21.O=C(O)/C=C/C(=O)O. The molecule has 0 bridgehead atoms. The number of benzene rings is 2. The molecule has 0 radical (unpaired) electrons. The number of hydrogen-bond donors (Lipinski definition) is 3. The fourth-order valence-corrected chi connectivity index (χ4v) is 3.51. The minimum atomic E-state index is -1.26. The van der Waals surface area contributed by atoms with E-state index in [2.05, 4.69) is 53.4 Å². The third-order valence-electron chi connectivity index (χ3n) is 3.49. The number of aliphatic carboxylic acids is 2. The first-order chi connectivity index (χ1) is 12.5. The van der Waals surface area contributed by atoms with Crippen LogP contribution in [-0.2, 0) is 9.59 Å². The topological polar surface area (TPSA) is 104 Å². The Morgan fingerprint density at radius 3 is 1.81 bits per heavy atom. The number of carboxylic acid groups (broad SMARTS) is 2. The van der Waals surface area contributed by atoms with Crippen molar-refractivity contribution in [3.05, 3.63) is 60.7 Å². The van der Waals surface area contributed by atoms with Gasteiger partial charge in [-0.25, -0.2) is 9.59 Å². The largest absolute Gasteiger partial charge is 0.478 e. The van der Waals surface area contributed by atoms with Crippen molar-refractivity contribution in [3.63, 3.8) is 0 Å². The van der Waals surface area contributed by atoms with E-state index in [4.69, 9.17) is 15.9 Å². The lowest BCUT2D eigenvalue weighted by molar-refractivity contribution is -0.134. The number of nitrogens with two attached hydrogens (primary N) is 1. The van der Waals surface area contributed by atoms with Crippen LogP contribution in [0.2, 0.25) is 0 Å². The van der Waals surface area contributed by atoms with Crippen LogP contribution in [0.25, 0.3) is 0 Å². The Morgan fingerprint density at radius 1 is 0.923 bits per heavy atom. The zero-order valence-corrected chi connectivity index (χ0v) is 14.9. The van der Waals surface area contributed by atoms with Crippen LogP contribution in [0, 0.1) is 0 Å². The molecule has 26 heavy (non-hydrogen) atoms. The van der Waals surface area contributed by atoms with Gasteiger partial charge in [0.25, 0.3) is 0 Å². The molecule has 0 spiro atoms. The summed E-state index contributed by atoms with van der Waals surface area (Å²) >= 11 is 1.85. The highest BCUT2D eigenvalue weighted by molar-refractivity contribution is 7.99. The van der Waals surface area contributed by atoms with Gasteiger partial charge in [0.2, 0.25) is 0 Å². The number of para-hydroxylation sites is 2. The zero-order chi connectivity index (χ0) is 18.9. The summed E-state index contributed by atoms with van der Waals surface area (Å²) in [5, 5.41) is 15.6. The highest BCUT2D eigenvalue weighted by Crippen LogP contribution is 2.47. The van der Waals surface area contributed by atoms with E-state index in [9.17, 15) is 9.59 Å². The molecule has 6 nitrogen and oxygen atoms in total. The second kappa shape index (κ2) is 9.65. The van der Waals surface area contributed by atoms with Crippen molar-refractivity contribution in [1.82, 2.24) is 0 Å². The highest BCUT2D eigenvalue weighted by atomic mass is 32.2. The van der Waals surface area contributed by atoms with Gasteiger partial charge < -0.3 is 20.8 Å². The summed E-state index contributed by atoms with van der Waals surface area (Å²) in [6.45, 7) is 1.71. The minimum absolute atomic E-state index is 0.558. The van der Waals surface area contributed by atoms with E-state index in [1.54, 1.807) is 0 Å². The van der Waals surface area contributed by atoms with Gasteiger partial charge in [0.15, 0.2) is 0 Å². The van der Waals surface area contributed by atoms with Gasteiger partial charge in [-0.1, -0.05) is 36.0 Å². The number of fused-ring (bicyclic) bond motifs is 2. The van der Waals surface area contributed by atoms with Gasteiger partial charge in [0.1, 0.15) is 0 Å². The fourth-order valence-electron chi connectivity index (χ4n) is 2.41. The summed E-state index contributed by atoms with van der Waals surface area (Å²) in [4.78, 5) is 24.1. The van der Waals surface area contributed by atoms with E-state index in [0.717, 1.165) is 19.5 Å². The average molecular weight is 372 g/mol. The predicted octanol–water partition coefficient (Wildman–Crippen LogP) is 3.35. The molecule has 2 aromatic rings. The van der Waals surface area contributed by atoms with Crippen molar-refractivity contribution in [2.24, 2.45) is 5.73 Å². The zero-order valence-electron chi connectivity index (χ0n) is 14.0. The monoisotopic (exact) mass is 372 g/mol. The van der Waals surface area contributed by atoms with E-state index < -0.39 is 11.9 Å². The minimum Gasteiger partial charge on any atom is -0.478 e. The molecule has 1 aliphatic heterocycles. The van der Waals surface area contributed by atoms with Crippen molar-refractivity contribution < 1.29 is 19.8 Å². The lowest BCUT2D eigenvalue weighted by Crippen LogP contribution is -2.23. The third-order valence-corrected chi connectivity index (χ3v) is 4.62. The molecule has 0 fully saturated rings. The van der Waals surface area contributed by atoms with Crippen molar-refractivity contribution in [1.29, 1.82) is 0 Å². The standard InChI is InChI=1S/C15H16N2S.C4H4O4/c16-10-5-11-17-12-6-1-3-8-14(12)18-15-9-4-2-7-13(15)17;5-3(6)1-2-4(7)8/h1-4,6-9H,5,10-11,16H2;1-2H,(H,5,6)(H,7,8)/b;2-1+. The number of nitrogens with zero attached hydrogens (tertiary/aromatic N) is 1. The lowest BCUT2D eigenvalue weighted by Gasteiger charge is -2.32. The van der Waals surface area contributed by atoms with Crippen LogP contribution in [0.3, 0.4) is 0 Å². The first-order valence-corrected chi connectivity index (χ1v) is 8.82. The summed E-state index contributed by atoms with van der Waals surface area (Å²) in [6.07, 6.45) is 2.12. The average Bonchev–Trinajstić information content (AvgIpc) is 2.64. The first kappa shape index (κ1) is 19.6. The van der Waals surface area contributed by atoms with Gasteiger partial charge in [0, 0.05) is 28.5 Å². The molecule has 136 valence electrons. The third kappa shape index (κ3) is 5.37. The molecule has 0 aromatic heterocycles. The van der Waals surface area contributed by atoms with Gasteiger partial charge in [-0.15, -0.1) is 0 Å². The lowest BCUT2D eigenvalue weighted by atomic mass is 10.2. The Hall–Kier alpha value is -2.77. The summed E-state index contributed by atoms with van der Waals surface area (Å²) in [7, 11) is 0. The molecule has 7 heteroatoms. The predicted molar refractivity (Wildman–Crippen MR) is 102 cm³/mol. The van der Waals surface area contributed by atoms with Crippen molar-refractivity contribution in [2.75, 3.05) is 18.0 Å². The van der Waals surface area contributed by atoms with Crippen LogP contribution in [0.5, 0.6) is 0 Å². The van der Waals surface area contributed by atoms with Crippen molar-refractivity contribution >= 4 is 35.1 Å². The van der Waals surface area contributed by atoms with E-state index in [-0.39, 0.29) is 0 Å². The number of carbonyl (C=O) groups is 2. The Labute approximate surface area is 155 Å². The Morgan fingerprint density at radius 2 is 1.38 bits per heavy atom. The quantitative estimate of drug-likeness (QED) is 0.691. The number of rotatable bonds is 5. The van der Waals surface area contributed by atoms with Crippen LogP contribution in [0.4, 0.5) is 11.4 Å². The summed E-state index contributed by atoms with van der Waals surface area (Å²) in [5.74, 6) is -2.51. The Bertz CT molecular complexity index is 746. The fraction of sp³-hybridized carbons (Fsp3) is 0.158. The maximum absolute atomic E-state index is 9.55. The second-order valence-electron chi connectivity index (χ2n) is 5.34. The maximum atomic E-state index is 9.55. The van der Waals surface area contributed by atoms with Gasteiger partial charge >= 0.3 is 11.9 Å². The number of carboxylic acids is 2. The van der Waals surface area contributed by atoms with E-state index in [1.807, 2.05) is 11.8 Å².